The monoisotopic (exact) mass is 477 g/mol. The Labute approximate surface area is 201 Å². The van der Waals surface area contributed by atoms with Crippen molar-refractivity contribution in [2.75, 3.05) is 38.3 Å². The van der Waals surface area contributed by atoms with Crippen molar-refractivity contribution < 1.29 is 14.3 Å². The van der Waals surface area contributed by atoms with E-state index in [9.17, 15) is 9.59 Å². The Balaban J connectivity index is 1.08. The van der Waals surface area contributed by atoms with Crippen molar-refractivity contribution in [3.63, 3.8) is 0 Å². The predicted molar refractivity (Wildman–Crippen MR) is 129 cm³/mol. The summed E-state index contributed by atoms with van der Waals surface area (Å²) < 4.78 is 7.26. The highest BCUT2D eigenvalue weighted by Gasteiger charge is 2.26. The molecule has 12 nitrogen and oxygen atoms in total. The molecule has 1 aliphatic heterocycles. The highest BCUT2D eigenvalue weighted by atomic mass is 16.5. The normalized spacial score (nSPS) is 14.6. The zero-order chi connectivity index (χ0) is 24.4. The minimum absolute atomic E-state index is 0.0114. The molecule has 4 heterocycles. The molecule has 1 aliphatic rings. The molecule has 1 aromatic carbocycles. The minimum atomic E-state index is -0.510. The largest absolute Gasteiger partial charge is 0.370 e. The summed E-state index contributed by atoms with van der Waals surface area (Å²) in [4.78, 5) is 40.2. The van der Waals surface area contributed by atoms with Gasteiger partial charge >= 0.3 is 0 Å². The second-order valence-corrected chi connectivity index (χ2v) is 8.61. The van der Waals surface area contributed by atoms with E-state index in [1.807, 2.05) is 25.5 Å². The first-order valence-electron chi connectivity index (χ1n) is 11.5. The van der Waals surface area contributed by atoms with E-state index in [-0.39, 0.29) is 25.2 Å². The number of aromatic nitrogens is 6. The summed E-state index contributed by atoms with van der Waals surface area (Å²) >= 11 is 0. The van der Waals surface area contributed by atoms with Crippen LogP contribution in [-0.2, 0) is 16.1 Å². The molecule has 0 bridgehead atoms. The van der Waals surface area contributed by atoms with Crippen LogP contribution in [0.5, 0.6) is 0 Å². The lowest BCUT2D eigenvalue weighted by Gasteiger charge is -2.36. The maximum absolute atomic E-state index is 12.7. The van der Waals surface area contributed by atoms with Gasteiger partial charge in [-0.2, -0.15) is 4.98 Å². The topological polar surface area (TPSA) is 148 Å². The number of hydrogen-bond donors (Lipinski definition) is 2. The quantitative estimate of drug-likeness (QED) is 0.356. The van der Waals surface area contributed by atoms with Crippen LogP contribution in [0.4, 0.5) is 5.95 Å². The average molecular weight is 478 g/mol. The number of nitrogens with one attached hydrogen (secondary N) is 1. The van der Waals surface area contributed by atoms with Crippen LogP contribution in [-0.4, -0.2) is 86.1 Å². The standard InChI is InChI=1S/C23H27N9O3/c1-30(17-5-8-31(9-6-17)23-26-13-16-4-7-25-22(16)27-23)20(33)14-35-11-10-32-19-12-15(21(24)34)2-3-18(19)28-29-32/h2-4,7,12-13,17H,5-6,8-11,14H2,1H3,(H2,24,34)(H,25,26,27). The van der Waals surface area contributed by atoms with Gasteiger partial charge in [0, 0.05) is 49.5 Å². The van der Waals surface area contributed by atoms with Crippen molar-refractivity contribution >= 4 is 39.8 Å². The number of fused-ring (bicyclic) bond motifs is 2. The van der Waals surface area contributed by atoms with Crippen molar-refractivity contribution in [1.29, 1.82) is 0 Å². The molecule has 182 valence electrons. The fraction of sp³-hybridized carbons (Fsp3) is 0.391. The van der Waals surface area contributed by atoms with Crippen molar-refractivity contribution in [3.8, 4) is 0 Å². The van der Waals surface area contributed by atoms with Gasteiger partial charge in [0.2, 0.25) is 17.8 Å². The van der Waals surface area contributed by atoms with Gasteiger partial charge in [-0.1, -0.05) is 5.21 Å². The number of rotatable bonds is 8. The lowest BCUT2D eigenvalue weighted by molar-refractivity contribution is -0.137. The Morgan fingerprint density at radius 2 is 2.09 bits per heavy atom. The van der Waals surface area contributed by atoms with Crippen LogP contribution >= 0.6 is 0 Å². The van der Waals surface area contributed by atoms with E-state index in [4.69, 9.17) is 10.5 Å². The molecule has 0 saturated carbocycles. The van der Waals surface area contributed by atoms with Crippen LogP contribution in [0.3, 0.4) is 0 Å². The van der Waals surface area contributed by atoms with Crippen LogP contribution < -0.4 is 10.6 Å². The van der Waals surface area contributed by atoms with Gasteiger partial charge in [-0.3, -0.25) is 9.59 Å². The van der Waals surface area contributed by atoms with E-state index in [0.29, 0.717) is 29.1 Å². The molecular weight excluding hydrogens is 450 g/mol. The maximum atomic E-state index is 12.7. The fourth-order valence-electron chi connectivity index (χ4n) is 4.33. The second kappa shape index (κ2) is 9.66. The Morgan fingerprint density at radius 3 is 2.89 bits per heavy atom. The number of piperidine rings is 1. The van der Waals surface area contributed by atoms with Crippen molar-refractivity contribution in [3.05, 3.63) is 42.2 Å². The van der Waals surface area contributed by atoms with Crippen LogP contribution in [0.2, 0.25) is 0 Å². The number of H-pyrrole nitrogens is 1. The van der Waals surface area contributed by atoms with Crippen LogP contribution in [0, 0.1) is 0 Å². The van der Waals surface area contributed by atoms with Gasteiger partial charge in [-0.15, -0.1) is 5.10 Å². The fourth-order valence-corrected chi connectivity index (χ4v) is 4.33. The number of hydrogen-bond acceptors (Lipinski definition) is 8. The summed E-state index contributed by atoms with van der Waals surface area (Å²) in [7, 11) is 1.82. The predicted octanol–water partition coefficient (Wildman–Crippen LogP) is 0.946. The summed E-state index contributed by atoms with van der Waals surface area (Å²) in [6, 6.07) is 7.07. The number of likely N-dealkylation sites (N-methyl/N-ethyl adjacent to an activating group) is 1. The van der Waals surface area contributed by atoms with Gasteiger partial charge in [-0.05, 0) is 37.1 Å². The van der Waals surface area contributed by atoms with E-state index >= 15 is 0 Å². The molecule has 12 heteroatoms. The summed E-state index contributed by atoms with van der Waals surface area (Å²) in [6.07, 6.45) is 5.35. The molecule has 35 heavy (non-hydrogen) atoms. The first-order valence-corrected chi connectivity index (χ1v) is 11.5. The van der Waals surface area contributed by atoms with E-state index in [1.54, 1.807) is 27.8 Å². The van der Waals surface area contributed by atoms with Gasteiger partial charge in [0.25, 0.3) is 0 Å². The van der Waals surface area contributed by atoms with Crippen LogP contribution in [0.25, 0.3) is 22.1 Å². The molecule has 1 saturated heterocycles. The highest BCUT2D eigenvalue weighted by molar-refractivity contribution is 5.96. The third-order valence-electron chi connectivity index (χ3n) is 6.45. The maximum Gasteiger partial charge on any atom is 0.248 e. The molecular formula is C23H27N9O3. The molecule has 0 spiro atoms. The van der Waals surface area contributed by atoms with E-state index in [2.05, 4.69) is 30.2 Å². The summed E-state index contributed by atoms with van der Waals surface area (Å²) in [5.74, 6) is 0.135. The Hall–Kier alpha value is -4.06. The lowest BCUT2D eigenvalue weighted by Crippen LogP contribution is -2.47. The lowest BCUT2D eigenvalue weighted by atomic mass is 10.0. The number of aromatic amines is 1. The first kappa shape index (κ1) is 22.7. The molecule has 5 rings (SSSR count). The summed E-state index contributed by atoms with van der Waals surface area (Å²) in [5, 5.41) is 9.15. The van der Waals surface area contributed by atoms with Crippen molar-refractivity contribution in [2.24, 2.45) is 5.73 Å². The van der Waals surface area contributed by atoms with Crippen molar-refractivity contribution in [2.45, 2.75) is 25.4 Å². The molecule has 0 unspecified atom stereocenters. The number of ether oxygens (including phenoxy) is 1. The Bertz CT molecular complexity index is 1360. The number of nitrogens with two attached hydrogens (primary N) is 1. The molecule has 4 aromatic rings. The number of anilines is 1. The molecule has 0 aliphatic carbocycles. The van der Waals surface area contributed by atoms with E-state index in [0.717, 1.165) is 37.0 Å². The van der Waals surface area contributed by atoms with Crippen LogP contribution in [0.15, 0.2) is 36.7 Å². The molecule has 3 aromatic heterocycles. The number of benzene rings is 1. The average Bonchev–Trinajstić information content (AvgIpc) is 3.52. The zero-order valence-corrected chi connectivity index (χ0v) is 19.4. The van der Waals surface area contributed by atoms with Gasteiger partial charge < -0.3 is 25.3 Å². The number of amides is 2. The molecule has 2 amide bonds. The number of carbonyl (C=O) groups excluding carboxylic acids is 2. The molecule has 1 fully saturated rings. The molecule has 0 atom stereocenters. The Morgan fingerprint density at radius 1 is 1.26 bits per heavy atom. The van der Waals surface area contributed by atoms with Gasteiger partial charge in [-0.25, -0.2) is 9.67 Å². The zero-order valence-electron chi connectivity index (χ0n) is 19.4. The highest BCUT2D eigenvalue weighted by Crippen LogP contribution is 2.21. The smallest absolute Gasteiger partial charge is 0.248 e. The number of carbonyl (C=O) groups is 2. The number of primary amides is 1. The summed E-state index contributed by atoms with van der Waals surface area (Å²) in [5.41, 5.74) is 7.93. The van der Waals surface area contributed by atoms with Gasteiger partial charge in [0.15, 0.2) is 0 Å². The second-order valence-electron chi connectivity index (χ2n) is 8.61. The third-order valence-corrected chi connectivity index (χ3v) is 6.45. The van der Waals surface area contributed by atoms with Crippen LogP contribution in [0.1, 0.15) is 23.2 Å². The Kier molecular flexibility index (Phi) is 6.27. The van der Waals surface area contributed by atoms with Gasteiger partial charge in [0.05, 0.1) is 18.7 Å². The van der Waals surface area contributed by atoms with Crippen molar-refractivity contribution in [1.82, 2.24) is 34.8 Å². The first-order chi connectivity index (χ1) is 17.0. The van der Waals surface area contributed by atoms with E-state index in [1.165, 1.54) is 0 Å². The minimum Gasteiger partial charge on any atom is -0.370 e. The number of nitrogens with zero attached hydrogens (tertiary/aromatic N) is 7. The summed E-state index contributed by atoms with van der Waals surface area (Å²) in [6.45, 7) is 2.24. The SMILES string of the molecule is CN(C(=O)COCCn1nnc2ccc(C(N)=O)cc21)C1CCN(c2ncc3cc[nH]c3n2)CC1. The molecule has 3 N–H and O–H groups in total. The molecule has 0 radical (unpaired) electrons. The van der Waals surface area contributed by atoms with E-state index < -0.39 is 5.91 Å². The third kappa shape index (κ3) is 4.78. The van der Waals surface area contributed by atoms with Gasteiger partial charge in [0.1, 0.15) is 17.8 Å².